The van der Waals surface area contributed by atoms with Crippen LogP contribution in [0.2, 0.25) is 0 Å². The van der Waals surface area contributed by atoms with Crippen LogP contribution < -0.4 is 0 Å². The summed E-state index contributed by atoms with van der Waals surface area (Å²) in [6, 6.07) is 0. The summed E-state index contributed by atoms with van der Waals surface area (Å²) in [5.41, 5.74) is -0.881. The number of hydrogen-bond donors (Lipinski definition) is 1. The van der Waals surface area contributed by atoms with Crippen LogP contribution >= 0.6 is 0 Å². The molecule has 3 atom stereocenters. The summed E-state index contributed by atoms with van der Waals surface area (Å²) < 4.78 is 6.02. The fraction of sp³-hybridized carbons (Fsp3) is 0.941. The van der Waals surface area contributed by atoms with Crippen molar-refractivity contribution in [2.45, 2.75) is 82.8 Å². The summed E-state index contributed by atoms with van der Waals surface area (Å²) in [5.74, 6) is 1.17. The maximum absolute atomic E-state index is 12.4. The minimum Gasteiger partial charge on any atom is -0.459 e. The maximum Gasteiger partial charge on any atom is 0.309 e. The minimum absolute atomic E-state index is 0.0140. The molecular weight excluding hydrogens is 252 g/mol. The first-order valence-electron chi connectivity index (χ1n) is 8.43. The lowest BCUT2D eigenvalue weighted by molar-refractivity contribution is -0.222. The molecule has 0 spiro atoms. The minimum atomic E-state index is -0.545. The Kier molecular flexibility index (Phi) is 3.60. The molecule has 4 fully saturated rings. The Balaban J connectivity index is 1.72. The highest BCUT2D eigenvalue weighted by Gasteiger charge is 2.59. The van der Waals surface area contributed by atoms with Gasteiger partial charge in [0.2, 0.25) is 0 Å². The van der Waals surface area contributed by atoms with Gasteiger partial charge in [0, 0.05) is 6.42 Å². The molecule has 0 aliphatic heterocycles. The van der Waals surface area contributed by atoms with Gasteiger partial charge in [0.05, 0.1) is 11.5 Å². The van der Waals surface area contributed by atoms with Gasteiger partial charge in [0.1, 0.15) is 5.60 Å². The number of carbonyl (C=O) groups is 1. The number of carbonyl (C=O) groups excluding carboxylic acids is 1. The summed E-state index contributed by atoms with van der Waals surface area (Å²) in [4.78, 5) is 12.4. The highest BCUT2D eigenvalue weighted by atomic mass is 16.6. The summed E-state index contributed by atoms with van der Waals surface area (Å²) in [5, 5.41) is 10.7. The molecule has 4 aliphatic carbocycles. The smallest absolute Gasteiger partial charge is 0.309 e. The van der Waals surface area contributed by atoms with Crippen LogP contribution in [0.4, 0.5) is 0 Å². The first-order valence-corrected chi connectivity index (χ1v) is 8.43. The van der Waals surface area contributed by atoms with Gasteiger partial charge < -0.3 is 9.84 Å². The van der Waals surface area contributed by atoms with E-state index in [4.69, 9.17) is 4.74 Å². The second-order valence-electron chi connectivity index (χ2n) is 7.68. The Morgan fingerprint density at radius 3 is 2.40 bits per heavy atom. The van der Waals surface area contributed by atoms with Gasteiger partial charge in [-0.05, 0) is 56.8 Å². The Bertz CT molecular complexity index is 376. The third-order valence-electron chi connectivity index (χ3n) is 5.76. The van der Waals surface area contributed by atoms with E-state index in [2.05, 4.69) is 13.8 Å². The van der Waals surface area contributed by atoms with Crippen molar-refractivity contribution in [1.29, 1.82) is 0 Å². The molecule has 0 radical (unpaired) electrons. The van der Waals surface area contributed by atoms with Crippen molar-refractivity contribution >= 4 is 5.97 Å². The van der Waals surface area contributed by atoms with Crippen LogP contribution in [0.3, 0.4) is 0 Å². The quantitative estimate of drug-likeness (QED) is 0.785. The maximum atomic E-state index is 12.4. The molecule has 4 rings (SSSR count). The molecule has 3 unspecified atom stereocenters. The SMILES string of the molecule is CCCC(CC)C(=O)OC12CC3CC(CC(O)(C3)C1)C2. The number of esters is 1. The van der Waals surface area contributed by atoms with Gasteiger partial charge >= 0.3 is 5.97 Å². The van der Waals surface area contributed by atoms with E-state index < -0.39 is 5.60 Å². The van der Waals surface area contributed by atoms with Crippen molar-refractivity contribution in [2.24, 2.45) is 17.8 Å². The lowest BCUT2D eigenvalue weighted by atomic mass is 9.52. The van der Waals surface area contributed by atoms with Crippen LogP contribution in [0.5, 0.6) is 0 Å². The summed E-state index contributed by atoms with van der Waals surface area (Å²) in [7, 11) is 0. The fourth-order valence-electron chi connectivity index (χ4n) is 5.38. The van der Waals surface area contributed by atoms with Gasteiger partial charge in [-0.1, -0.05) is 20.3 Å². The van der Waals surface area contributed by atoms with Gasteiger partial charge in [-0.15, -0.1) is 0 Å². The zero-order chi connectivity index (χ0) is 14.4. The molecule has 0 aromatic heterocycles. The second-order valence-corrected chi connectivity index (χ2v) is 7.68. The molecule has 114 valence electrons. The highest BCUT2D eigenvalue weighted by Crippen LogP contribution is 2.59. The lowest BCUT2D eigenvalue weighted by Crippen LogP contribution is -2.60. The molecule has 0 aromatic carbocycles. The normalized spacial score (nSPS) is 43.5. The molecule has 4 bridgehead atoms. The van der Waals surface area contributed by atoms with Gasteiger partial charge in [-0.3, -0.25) is 4.79 Å². The standard InChI is InChI=1S/C17H28O3/c1-3-5-14(4-2)15(18)20-17-9-12-6-13(10-17)8-16(19,7-12)11-17/h12-14,19H,3-11H2,1-2H3. The molecule has 3 nitrogen and oxygen atoms in total. The van der Waals surface area contributed by atoms with E-state index in [0.717, 1.165) is 44.9 Å². The van der Waals surface area contributed by atoms with E-state index in [0.29, 0.717) is 18.3 Å². The fourth-order valence-corrected chi connectivity index (χ4v) is 5.38. The predicted molar refractivity (Wildman–Crippen MR) is 77.1 cm³/mol. The van der Waals surface area contributed by atoms with Crippen molar-refractivity contribution in [1.82, 2.24) is 0 Å². The molecular formula is C17H28O3. The third kappa shape index (κ3) is 2.49. The van der Waals surface area contributed by atoms with Crippen molar-refractivity contribution < 1.29 is 14.6 Å². The molecule has 20 heavy (non-hydrogen) atoms. The molecule has 0 amide bonds. The van der Waals surface area contributed by atoms with E-state index in [1.54, 1.807) is 0 Å². The van der Waals surface area contributed by atoms with Crippen LogP contribution in [-0.4, -0.2) is 22.3 Å². The monoisotopic (exact) mass is 280 g/mol. The zero-order valence-corrected chi connectivity index (χ0v) is 12.9. The van der Waals surface area contributed by atoms with Gasteiger partial charge in [0.25, 0.3) is 0 Å². The average molecular weight is 280 g/mol. The van der Waals surface area contributed by atoms with E-state index in [1.807, 2.05) is 0 Å². The molecule has 4 aliphatic rings. The van der Waals surface area contributed by atoms with E-state index in [1.165, 1.54) is 6.42 Å². The molecule has 0 heterocycles. The van der Waals surface area contributed by atoms with Crippen LogP contribution in [0, 0.1) is 17.8 Å². The van der Waals surface area contributed by atoms with Crippen molar-refractivity contribution in [3.05, 3.63) is 0 Å². The Labute approximate surface area is 122 Å². The van der Waals surface area contributed by atoms with E-state index in [9.17, 15) is 9.90 Å². The Morgan fingerprint density at radius 1 is 1.25 bits per heavy atom. The molecule has 4 saturated carbocycles. The Hall–Kier alpha value is -0.570. The van der Waals surface area contributed by atoms with Gasteiger partial charge in [-0.2, -0.15) is 0 Å². The highest BCUT2D eigenvalue weighted by molar-refractivity contribution is 5.73. The molecule has 1 N–H and O–H groups in total. The number of hydrogen-bond acceptors (Lipinski definition) is 3. The summed E-state index contributed by atoms with van der Waals surface area (Å²) in [6.07, 6.45) is 8.54. The van der Waals surface area contributed by atoms with Gasteiger partial charge in [-0.25, -0.2) is 0 Å². The number of ether oxygens (including phenoxy) is 1. The van der Waals surface area contributed by atoms with Gasteiger partial charge in [0.15, 0.2) is 0 Å². The number of aliphatic hydroxyl groups is 1. The molecule has 0 aromatic rings. The second kappa shape index (κ2) is 5.01. The van der Waals surface area contributed by atoms with E-state index in [-0.39, 0.29) is 17.5 Å². The third-order valence-corrected chi connectivity index (χ3v) is 5.76. The van der Waals surface area contributed by atoms with Crippen LogP contribution in [0.25, 0.3) is 0 Å². The summed E-state index contributed by atoms with van der Waals surface area (Å²) >= 11 is 0. The first-order chi connectivity index (χ1) is 9.47. The average Bonchev–Trinajstić information content (AvgIpc) is 2.31. The first kappa shape index (κ1) is 14.4. The van der Waals surface area contributed by atoms with Crippen molar-refractivity contribution in [3.8, 4) is 0 Å². The van der Waals surface area contributed by atoms with Crippen molar-refractivity contribution in [3.63, 3.8) is 0 Å². The Morgan fingerprint density at radius 2 is 1.90 bits per heavy atom. The summed E-state index contributed by atoms with van der Waals surface area (Å²) in [6.45, 7) is 4.18. The van der Waals surface area contributed by atoms with Crippen LogP contribution in [0.1, 0.15) is 71.6 Å². The van der Waals surface area contributed by atoms with Crippen molar-refractivity contribution in [2.75, 3.05) is 0 Å². The predicted octanol–water partition coefficient (Wildman–Crippen LogP) is 3.44. The molecule has 3 heteroatoms. The largest absolute Gasteiger partial charge is 0.459 e. The van der Waals surface area contributed by atoms with Crippen LogP contribution in [0.15, 0.2) is 0 Å². The van der Waals surface area contributed by atoms with Crippen LogP contribution in [-0.2, 0) is 9.53 Å². The lowest BCUT2D eigenvalue weighted by Gasteiger charge is -2.59. The number of rotatable bonds is 5. The van der Waals surface area contributed by atoms with E-state index >= 15 is 0 Å². The topological polar surface area (TPSA) is 46.5 Å². The molecule has 0 saturated heterocycles. The zero-order valence-electron chi connectivity index (χ0n) is 12.9.